The highest BCUT2D eigenvalue weighted by atomic mass is 16.5. The molecule has 1 aromatic rings. The summed E-state index contributed by atoms with van der Waals surface area (Å²) in [5, 5.41) is 18.5. The highest BCUT2D eigenvalue weighted by Crippen LogP contribution is 2.27. The molecule has 98 valence electrons. The molecule has 8 heteroatoms. The fourth-order valence-electron chi connectivity index (χ4n) is 1.85. The standard InChI is InChI=1S/C10H12N2O6/c13-3-5-2-12(10(17)11-9(5)16)8-1-6(15)7(4-14)18-8/h2-3,6-8,14-15H,1,4H2,(H,11,16,17)/t6-,7+,8-/m0/s1. The molecule has 0 radical (unpaired) electrons. The van der Waals surface area contributed by atoms with Crippen molar-refractivity contribution in [3.63, 3.8) is 0 Å². The quantitative estimate of drug-likeness (QED) is 0.537. The Kier molecular flexibility index (Phi) is 3.41. The number of nitrogens with one attached hydrogen (secondary N) is 1. The van der Waals surface area contributed by atoms with Gasteiger partial charge in [0.15, 0.2) is 6.29 Å². The van der Waals surface area contributed by atoms with E-state index in [0.717, 1.165) is 10.8 Å². The largest absolute Gasteiger partial charge is 0.394 e. The molecule has 3 N–H and O–H groups in total. The Morgan fingerprint density at radius 3 is 2.83 bits per heavy atom. The number of hydrogen-bond acceptors (Lipinski definition) is 6. The topological polar surface area (TPSA) is 122 Å². The van der Waals surface area contributed by atoms with E-state index >= 15 is 0 Å². The average molecular weight is 256 g/mol. The van der Waals surface area contributed by atoms with E-state index in [2.05, 4.69) is 0 Å². The Balaban J connectivity index is 2.38. The molecule has 0 spiro atoms. The third-order valence-corrected chi connectivity index (χ3v) is 2.82. The van der Waals surface area contributed by atoms with Gasteiger partial charge in [0.05, 0.1) is 18.3 Å². The zero-order valence-corrected chi connectivity index (χ0v) is 9.28. The van der Waals surface area contributed by atoms with Crippen LogP contribution in [0.2, 0.25) is 0 Å². The Morgan fingerprint density at radius 1 is 1.56 bits per heavy atom. The zero-order chi connectivity index (χ0) is 13.3. The molecule has 1 saturated heterocycles. The van der Waals surface area contributed by atoms with Crippen LogP contribution >= 0.6 is 0 Å². The molecule has 3 atom stereocenters. The summed E-state index contributed by atoms with van der Waals surface area (Å²) in [6.07, 6.45) is -1.02. The van der Waals surface area contributed by atoms with Gasteiger partial charge in [-0.25, -0.2) is 4.79 Å². The van der Waals surface area contributed by atoms with Crippen LogP contribution in [-0.2, 0) is 4.74 Å². The Bertz CT molecular complexity index is 562. The number of aromatic amines is 1. The molecule has 2 rings (SSSR count). The van der Waals surface area contributed by atoms with Crippen molar-refractivity contribution in [1.29, 1.82) is 0 Å². The first-order valence-corrected chi connectivity index (χ1v) is 5.32. The van der Waals surface area contributed by atoms with Crippen LogP contribution in [0.1, 0.15) is 23.0 Å². The van der Waals surface area contributed by atoms with Crippen molar-refractivity contribution in [2.24, 2.45) is 0 Å². The van der Waals surface area contributed by atoms with Gasteiger partial charge < -0.3 is 14.9 Å². The zero-order valence-electron chi connectivity index (χ0n) is 9.28. The van der Waals surface area contributed by atoms with E-state index in [1.807, 2.05) is 4.98 Å². The molecule has 0 amide bonds. The second-order valence-electron chi connectivity index (χ2n) is 3.98. The Labute approximate surface area is 100 Å². The summed E-state index contributed by atoms with van der Waals surface area (Å²) in [7, 11) is 0. The van der Waals surface area contributed by atoms with Crippen molar-refractivity contribution in [3.05, 3.63) is 32.6 Å². The van der Waals surface area contributed by atoms with Crippen molar-refractivity contribution >= 4 is 6.29 Å². The summed E-state index contributed by atoms with van der Waals surface area (Å²) in [4.78, 5) is 35.4. The van der Waals surface area contributed by atoms with Crippen LogP contribution in [0, 0.1) is 0 Å². The number of aromatic nitrogens is 2. The van der Waals surface area contributed by atoms with Crippen LogP contribution in [-0.4, -0.2) is 44.9 Å². The van der Waals surface area contributed by atoms with Crippen molar-refractivity contribution in [3.8, 4) is 0 Å². The van der Waals surface area contributed by atoms with E-state index in [-0.39, 0.29) is 18.6 Å². The van der Waals surface area contributed by atoms with Crippen molar-refractivity contribution < 1.29 is 19.7 Å². The SMILES string of the molecule is O=Cc1cn([C@@H]2C[C@H](O)[C@@H](CO)O2)c(=O)[nH]c1=O. The number of aldehydes is 1. The number of carbonyl (C=O) groups excluding carboxylic acids is 1. The first kappa shape index (κ1) is 12.7. The molecule has 0 unspecified atom stereocenters. The van der Waals surface area contributed by atoms with Gasteiger partial charge in [-0.05, 0) is 0 Å². The highest BCUT2D eigenvalue weighted by molar-refractivity contribution is 5.73. The molecule has 2 heterocycles. The monoisotopic (exact) mass is 256 g/mol. The van der Waals surface area contributed by atoms with E-state index in [0.29, 0.717) is 6.29 Å². The van der Waals surface area contributed by atoms with Crippen molar-refractivity contribution in [2.45, 2.75) is 24.9 Å². The molecule has 0 saturated carbocycles. The summed E-state index contributed by atoms with van der Waals surface area (Å²) in [5.41, 5.74) is -1.72. The third-order valence-electron chi connectivity index (χ3n) is 2.82. The number of nitrogens with zero attached hydrogens (tertiary/aromatic N) is 1. The Morgan fingerprint density at radius 2 is 2.28 bits per heavy atom. The van der Waals surface area contributed by atoms with Gasteiger partial charge >= 0.3 is 5.69 Å². The van der Waals surface area contributed by atoms with Gasteiger partial charge in [-0.3, -0.25) is 19.1 Å². The molecule has 1 aliphatic heterocycles. The van der Waals surface area contributed by atoms with E-state index in [1.54, 1.807) is 0 Å². The number of rotatable bonds is 3. The fourth-order valence-corrected chi connectivity index (χ4v) is 1.85. The first-order chi connectivity index (χ1) is 8.56. The van der Waals surface area contributed by atoms with Gasteiger partial charge in [-0.15, -0.1) is 0 Å². The molecule has 18 heavy (non-hydrogen) atoms. The number of carbonyl (C=O) groups is 1. The van der Waals surface area contributed by atoms with Crippen molar-refractivity contribution in [1.82, 2.24) is 9.55 Å². The summed E-state index contributed by atoms with van der Waals surface area (Å²) < 4.78 is 6.27. The summed E-state index contributed by atoms with van der Waals surface area (Å²) >= 11 is 0. The minimum atomic E-state index is -0.904. The minimum absolute atomic E-state index is 0.0927. The fraction of sp³-hybridized carbons (Fsp3) is 0.500. The summed E-state index contributed by atoms with van der Waals surface area (Å²) in [6.45, 7) is -0.379. The van der Waals surface area contributed by atoms with Crippen LogP contribution < -0.4 is 11.2 Å². The lowest BCUT2D eigenvalue weighted by atomic mass is 10.2. The first-order valence-electron chi connectivity index (χ1n) is 5.32. The van der Waals surface area contributed by atoms with Crippen LogP contribution in [0.4, 0.5) is 0 Å². The van der Waals surface area contributed by atoms with Gasteiger partial charge in [0.25, 0.3) is 5.56 Å². The lowest BCUT2D eigenvalue weighted by molar-refractivity contribution is -0.0459. The van der Waals surface area contributed by atoms with Gasteiger partial charge in [0, 0.05) is 12.6 Å². The minimum Gasteiger partial charge on any atom is -0.394 e. The second-order valence-corrected chi connectivity index (χ2v) is 3.98. The highest BCUT2D eigenvalue weighted by Gasteiger charge is 2.35. The maximum Gasteiger partial charge on any atom is 0.330 e. The summed E-state index contributed by atoms with van der Waals surface area (Å²) in [5.74, 6) is 0. The Hall–Kier alpha value is -1.77. The third kappa shape index (κ3) is 2.13. The van der Waals surface area contributed by atoms with Crippen LogP contribution in [0.25, 0.3) is 0 Å². The lowest BCUT2D eigenvalue weighted by Crippen LogP contribution is -2.34. The molecule has 1 aliphatic rings. The van der Waals surface area contributed by atoms with E-state index in [9.17, 15) is 19.5 Å². The molecule has 0 bridgehead atoms. The normalized spacial score (nSPS) is 27.3. The van der Waals surface area contributed by atoms with Gasteiger partial charge in [-0.1, -0.05) is 0 Å². The van der Waals surface area contributed by atoms with E-state index in [1.165, 1.54) is 0 Å². The molecule has 0 aromatic carbocycles. The van der Waals surface area contributed by atoms with Crippen LogP contribution in [0.15, 0.2) is 15.8 Å². The smallest absolute Gasteiger partial charge is 0.330 e. The second kappa shape index (κ2) is 4.84. The van der Waals surface area contributed by atoms with E-state index < -0.39 is 29.7 Å². The number of H-pyrrole nitrogens is 1. The van der Waals surface area contributed by atoms with Gasteiger partial charge in [-0.2, -0.15) is 0 Å². The molecule has 1 fully saturated rings. The maximum absolute atomic E-state index is 11.6. The molecular weight excluding hydrogens is 244 g/mol. The number of aliphatic hydroxyl groups is 2. The number of ether oxygens (including phenoxy) is 1. The van der Waals surface area contributed by atoms with Gasteiger partial charge in [0.2, 0.25) is 0 Å². The molecule has 8 nitrogen and oxygen atoms in total. The summed E-state index contributed by atoms with van der Waals surface area (Å²) in [6, 6.07) is 0. The molecule has 0 aliphatic carbocycles. The maximum atomic E-state index is 11.6. The van der Waals surface area contributed by atoms with Crippen molar-refractivity contribution in [2.75, 3.05) is 6.61 Å². The van der Waals surface area contributed by atoms with Crippen LogP contribution in [0.3, 0.4) is 0 Å². The molecule has 1 aromatic heterocycles. The lowest BCUT2D eigenvalue weighted by Gasteiger charge is -2.14. The number of aliphatic hydroxyl groups excluding tert-OH is 2. The van der Waals surface area contributed by atoms with Crippen LogP contribution in [0.5, 0.6) is 0 Å². The van der Waals surface area contributed by atoms with E-state index in [4.69, 9.17) is 9.84 Å². The number of hydrogen-bond donors (Lipinski definition) is 3. The predicted molar refractivity (Wildman–Crippen MR) is 58.3 cm³/mol. The average Bonchev–Trinajstić information content (AvgIpc) is 2.70. The van der Waals surface area contributed by atoms with Gasteiger partial charge in [0.1, 0.15) is 12.3 Å². The predicted octanol–water partition coefficient (Wildman–Crippen LogP) is -2.01. The molecular formula is C10H12N2O6.